The number of nitrogens with one attached hydrogen (secondary N) is 2. The van der Waals surface area contributed by atoms with Crippen molar-refractivity contribution in [2.45, 2.75) is 26.4 Å². The summed E-state index contributed by atoms with van der Waals surface area (Å²) in [6.45, 7) is 8.62. The molecule has 2 atom stereocenters. The van der Waals surface area contributed by atoms with E-state index in [9.17, 15) is 4.39 Å². The standard InChI is InChI=1S/C18H29FN4O/c1-4-20-18(22-12-15-9-10-23(3)13-15)21-11-14(2)24-17-7-5-16(19)6-8-17/h5-8,14-15H,4,9-13H2,1-3H3,(H2,20,21,22). The summed E-state index contributed by atoms with van der Waals surface area (Å²) >= 11 is 0. The first-order valence-corrected chi connectivity index (χ1v) is 8.69. The van der Waals surface area contributed by atoms with Gasteiger partial charge in [-0.3, -0.25) is 0 Å². The Bertz CT molecular complexity index is 520. The smallest absolute Gasteiger partial charge is 0.191 e. The van der Waals surface area contributed by atoms with E-state index in [2.05, 4.69) is 34.5 Å². The van der Waals surface area contributed by atoms with Crippen LogP contribution in [0.1, 0.15) is 20.3 Å². The van der Waals surface area contributed by atoms with Gasteiger partial charge in [0.1, 0.15) is 17.7 Å². The van der Waals surface area contributed by atoms with Gasteiger partial charge in [0.2, 0.25) is 0 Å². The molecule has 1 aromatic rings. The summed E-state index contributed by atoms with van der Waals surface area (Å²) in [7, 11) is 2.16. The maximum Gasteiger partial charge on any atom is 0.191 e. The molecule has 0 aliphatic carbocycles. The highest BCUT2D eigenvalue weighted by Crippen LogP contribution is 2.14. The number of hydrogen-bond acceptors (Lipinski definition) is 3. The predicted octanol–water partition coefficient (Wildman–Crippen LogP) is 2.10. The lowest BCUT2D eigenvalue weighted by atomic mass is 10.1. The number of rotatable bonds is 7. The SMILES string of the molecule is CCNC(=NCC(C)Oc1ccc(F)cc1)NCC1CCN(C)C1. The molecule has 1 aromatic carbocycles. The Balaban J connectivity index is 1.79. The van der Waals surface area contributed by atoms with E-state index in [4.69, 9.17) is 4.74 Å². The van der Waals surface area contributed by atoms with Crippen LogP contribution in [0.2, 0.25) is 0 Å². The fraction of sp³-hybridized carbons (Fsp3) is 0.611. The monoisotopic (exact) mass is 336 g/mol. The number of halogens is 1. The molecule has 2 unspecified atom stereocenters. The van der Waals surface area contributed by atoms with Crippen molar-refractivity contribution in [2.24, 2.45) is 10.9 Å². The van der Waals surface area contributed by atoms with Crippen molar-refractivity contribution in [3.63, 3.8) is 0 Å². The van der Waals surface area contributed by atoms with Crippen molar-refractivity contribution in [3.05, 3.63) is 30.1 Å². The van der Waals surface area contributed by atoms with E-state index in [-0.39, 0.29) is 11.9 Å². The zero-order chi connectivity index (χ0) is 17.4. The van der Waals surface area contributed by atoms with Crippen LogP contribution in [0.4, 0.5) is 4.39 Å². The molecule has 1 fully saturated rings. The molecule has 0 aromatic heterocycles. The first-order valence-electron chi connectivity index (χ1n) is 8.69. The van der Waals surface area contributed by atoms with Crippen LogP contribution in [0.15, 0.2) is 29.3 Å². The first kappa shape index (κ1) is 18.5. The Morgan fingerprint density at radius 3 is 2.75 bits per heavy atom. The number of guanidine groups is 1. The average molecular weight is 336 g/mol. The van der Waals surface area contributed by atoms with Gasteiger partial charge in [-0.05, 0) is 64.0 Å². The highest BCUT2D eigenvalue weighted by atomic mass is 19.1. The van der Waals surface area contributed by atoms with Gasteiger partial charge in [-0.1, -0.05) is 0 Å². The normalized spacial score (nSPS) is 20.0. The fourth-order valence-electron chi connectivity index (χ4n) is 2.78. The van der Waals surface area contributed by atoms with Crippen molar-refractivity contribution in [2.75, 3.05) is 39.8 Å². The topological polar surface area (TPSA) is 48.9 Å². The van der Waals surface area contributed by atoms with Gasteiger partial charge < -0.3 is 20.3 Å². The average Bonchev–Trinajstić information content (AvgIpc) is 2.98. The van der Waals surface area contributed by atoms with Crippen LogP contribution in [0.5, 0.6) is 5.75 Å². The van der Waals surface area contributed by atoms with E-state index in [0.29, 0.717) is 18.2 Å². The minimum atomic E-state index is -0.260. The molecule has 1 aliphatic rings. The maximum atomic E-state index is 12.9. The van der Waals surface area contributed by atoms with E-state index in [1.54, 1.807) is 12.1 Å². The Kier molecular flexibility index (Phi) is 7.31. The third-order valence-electron chi connectivity index (χ3n) is 4.05. The zero-order valence-corrected chi connectivity index (χ0v) is 14.9. The second-order valence-electron chi connectivity index (χ2n) is 6.40. The molecule has 2 rings (SSSR count). The van der Waals surface area contributed by atoms with Gasteiger partial charge in [0.05, 0.1) is 6.54 Å². The predicted molar refractivity (Wildman–Crippen MR) is 96.1 cm³/mol. The van der Waals surface area contributed by atoms with Gasteiger partial charge in [0, 0.05) is 19.6 Å². The molecule has 134 valence electrons. The van der Waals surface area contributed by atoms with E-state index in [0.717, 1.165) is 25.6 Å². The minimum Gasteiger partial charge on any atom is -0.489 e. The van der Waals surface area contributed by atoms with Gasteiger partial charge in [-0.2, -0.15) is 0 Å². The second-order valence-corrected chi connectivity index (χ2v) is 6.40. The van der Waals surface area contributed by atoms with Gasteiger partial charge in [-0.25, -0.2) is 9.38 Å². The van der Waals surface area contributed by atoms with E-state index < -0.39 is 0 Å². The summed E-state index contributed by atoms with van der Waals surface area (Å²) in [6, 6.07) is 6.07. The van der Waals surface area contributed by atoms with Gasteiger partial charge in [0.25, 0.3) is 0 Å². The first-order chi connectivity index (χ1) is 11.6. The quantitative estimate of drug-likeness (QED) is 0.591. The van der Waals surface area contributed by atoms with Crippen LogP contribution in [-0.2, 0) is 0 Å². The third-order valence-corrected chi connectivity index (χ3v) is 4.05. The minimum absolute atomic E-state index is 0.0801. The lowest BCUT2D eigenvalue weighted by Crippen LogP contribution is -2.40. The Labute approximate surface area is 144 Å². The van der Waals surface area contributed by atoms with Crippen molar-refractivity contribution in [1.82, 2.24) is 15.5 Å². The van der Waals surface area contributed by atoms with E-state index >= 15 is 0 Å². The molecule has 1 aliphatic heterocycles. The molecular formula is C18H29FN4O. The molecule has 24 heavy (non-hydrogen) atoms. The molecule has 0 spiro atoms. The van der Waals surface area contributed by atoms with Crippen LogP contribution in [-0.4, -0.2) is 56.7 Å². The number of likely N-dealkylation sites (tertiary alicyclic amines) is 1. The number of ether oxygens (including phenoxy) is 1. The largest absolute Gasteiger partial charge is 0.489 e. The summed E-state index contributed by atoms with van der Waals surface area (Å²) in [5.41, 5.74) is 0. The van der Waals surface area contributed by atoms with Crippen LogP contribution in [0.25, 0.3) is 0 Å². The summed E-state index contributed by atoms with van der Waals surface area (Å²) < 4.78 is 18.7. The van der Waals surface area contributed by atoms with Crippen molar-refractivity contribution in [1.29, 1.82) is 0 Å². The highest BCUT2D eigenvalue weighted by molar-refractivity contribution is 5.79. The van der Waals surface area contributed by atoms with E-state index in [1.165, 1.54) is 25.1 Å². The lowest BCUT2D eigenvalue weighted by molar-refractivity contribution is 0.230. The molecule has 2 N–H and O–H groups in total. The Hall–Kier alpha value is -1.82. The molecule has 0 saturated carbocycles. The Morgan fingerprint density at radius 2 is 2.12 bits per heavy atom. The number of aliphatic imine (C=N–C) groups is 1. The maximum absolute atomic E-state index is 12.9. The van der Waals surface area contributed by atoms with Crippen molar-refractivity contribution in [3.8, 4) is 5.75 Å². The molecule has 0 radical (unpaired) electrons. The summed E-state index contributed by atoms with van der Waals surface area (Å²) in [5, 5.41) is 6.68. The van der Waals surface area contributed by atoms with Crippen LogP contribution < -0.4 is 15.4 Å². The number of hydrogen-bond donors (Lipinski definition) is 2. The molecule has 6 heteroatoms. The van der Waals surface area contributed by atoms with Gasteiger partial charge in [0.15, 0.2) is 5.96 Å². The van der Waals surface area contributed by atoms with Crippen LogP contribution in [0, 0.1) is 11.7 Å². The zero-order valence-electron chi connectivity index (χ0n) is 14.9. The Morgan fingerprint density at radius 1 is 1.38 bits per heavy atom. The van der Waals surface area contributed by atoms with Gasteiger partial charge >= 0.3 is 0 Å². The number of nitrogens with zero attached hydrogens (tertiary/aromatic N) is 2. The molecule has 1 saturated heterocycles. The van der Waals surface area contributed by atoms with Crippen molar-refractivity contribution < 1.29 is 9.13 Å². The van der Waals surface area contributed by atoms with Crippen LogP contribution >= 0.6 is 0 Å². The van der Waals surface area contributed by atoms with Crippen molar-refractivity contribution >= 4 is 5.96 Å². The summed E-state index contributed by atoms with van der Waals surface area (Å²) in [4.78, 5) is 6.95. The fourth-order valence-corrected chi connectivity index (χ4v) is 2.78. The lowest BCUT2D eigenvalue weighted by Gasteiger charge is -2.17. The van der Waals surface area contributed by atoms with E-state index in [1.807, 2.05) is 6.92 Å². The molecule has 0 amide bonds. The summed E-state index contributed by atoms with van der Waals surface area (Å²) in [5.74, 6) is 1.89. The third kappa shape index (κ3) is 6.35. The second kappa shape index (κ2) is 9.47. The molecular weight excluding hydrogens is 307 g/mol. The highest BCUT2D eigenvalue weighted by Gasteiger charge is 2.19. The summed E-state index contributed by atoms with van der Waals surface area (Å²) in [6.07, 6.45) is 1.15. The van der Waals surface area contributed by atoms with Crippen LogP contribution in [0.3, 0.4) is 0 Å². The molecule has 0 bridgehead atoms. The van der Waals surface area contributed by atoms with Gasteiger partial charge in [-0.15, -0.1) is 0 Å². The molecule has 1 heterocycles. The molecule has 5 nitrogen and oxygen atoms in total. The number of benzene rings is 1.